The van der Waals surface area contributed by atoms with Crippen LogP contribution in [0.1, 0.15) is 18.9 Å². The summed E-state index contributed by atoms with van der Waals surface area (Å²) in [5, 5.41) is 3.56. The van der Waals surface area contributed by atoms with E-state index in [-0.39, 0.29) is 11.9 Å². The van der Waals surface area contributed by atoms with E-state index in [2.05, 4.69) is 5.32 Å². The number of nitrogens with two attached hydrogens (primary N) is 1. The van der Waals surface area contributed by atoms with E-state index >= 15 is 0 Å². The van der Waals surface area contributed by atoms with Gasteiger partial charge in [0, 0.05) is 17.6 Å². The number of halogens is 1. The lowest BCUT2D eigenvalue weighted by Crippen LogP contribution is -2.40. The van der Waals surface area contributed by atoms with Crippen LogP contribution in [0, 0.1) is 0 Å². The number of carbonyl (C=O) groups is 1. The van der Waals surface area contributed by atoms with Crippen molar-refractivity contribution in [3.8, 4) is 0 Å². The molecule has 0 aliphatic carbocycles. The van der Waals surface area contributed by atoms with Gasteiger partial charge in [0.25, 0.3) is 0 Å². The highest BCUT2D eigenvalue weighted by molar-refractivity contribution is 6.30. The van der Waals surface area contributed by atoms with Crippen molar-refractivity contribution in [2.24, 2.45) is 5.73 Å². The first kappa shape index (κ1) is 13.0. The third-order valence-electron chi connectivity index (χ3n) is 2.42. The Morgan fingerprint density at radius 1 is 1.44 bits per heavy atom. The van der Waals surface area contributed by atoms with Crippen LogP contribution in [0.2, 0.25) is 5.02 Å². The van der Waals surface area contributed by atoms with Crippen LogP contribution in [0.3, 0.4) is 0 Å². The zero-order valence-electron chi connectivity index (χ0n) is 9.37. The molecule has 0 heterocycles. The van der Waals surface area contributed by atoms with Crippen LogP contribution in [0.15, 0.2) is 24.3 Å². The minimum atomic E-state index is -0.000350. The minimum absolute atomic E-state index is 0.000350. The molecule has 0 aromatic heterocycles. The van der Waals surface area contributed by atoms with E-state index in [0.717, 1.165) is 12.0 Å². The van der Waals surface area contributed by atoms with Gasteiger partial charge in [-0.3, -0.25) is 4.79 Å². The monoisotopic (exact) mass is 240 g/mol. The molecule has 0 radical (unpaired) electrons. The summed E-state index contributed by atoms with van der Waals surface area (Å²) in [5.74, 6) is -0.000350. The Balaban J connectivity index is 2.48. The van der Waals surface area contributed by atoms with Crippen LogP contribution < -0.4 is 11.1 Å². The van der Waals surface area contributed by atoms with Crippen LogP contribution in [0.25, 0.3) is 0 Å². The van der Waals surface area contributed by atoms with Crippen molar-refractivity contribution in [2.45, 2.75) is 25.8 Å². The van der Waals surface area contributed by atoms with Crippen molar-refractivity contribution >= 4 is 17.5 Å². The van der Waals surface area contributed by atoms with Gasteiger partial charge < -0.3 is 11.1 Å². The summed E-state index contributed by atoms with van der Waals surface area (Å²) in [5.41, 5.74) is 6.47. The molecule has 1 rings (SSSR count). The summed E-state index contributed by atoms with van der Waals surface area (Å²) >= 11 is 5.76. The number of carbonyl (C=O) groups excluding carboxylic acids is 1. The molecule has 3 N–H and O–H groups in total. The summed E-state index contributed by atoms with van der Waals surface area (Å²) in [6, 6.07) is 7.34. The van der Waals surface area contributed by atoms with Crippen LogP contribution in [-0.4, -0.2) is 18.5 Å². The number of amides is 1. The van der Waals surface area contributed by atoms with Gasteiger partial charge >= 0.3 is 0 Å². The summed E-state index contributed by atoms with van der Waals surface area (Å²) < 4.78 is 0. The standard InChI is InChI=1S/C12H17ClN2O/c1-2-11(8-14)15-12(16)7-9-3-5-10(13)6-4-9/h3-6,11H,2,7-8,14H2,1H3,(H,15,16). The van der Waals surface area contributed by atoms with Gasteiger partial charge in [-0.15, -0.1) is 0 Å². The quantitative estimate of drug-likeness (QED) is 0.824. The van der Waals surface area contributed by atoms with Gasteiger partial charge in [-0.05, 0) is 24.1 Å². The number of benzene rings is 1. The Morgan fingerprint density at radius 2 is 2.06 bits per heavy atom. The molecule has 3 nitrogen and oxygen atoms in total. The average Bonchev–Trinajstić information content (AvgIpc) is 2.29. The van der Waals surface area contributed by atoms with Crippen molar-refractivity contribution in [2.75, 3.05) is 6.54 Å². The third-order valence-corrected chi connectivity index (χ3v) is 2.67. The second kappa shape index (κ2) is 6.51. The Labute approximate surface area is 101 Å². The highest BCUT2D eigenvalue weighted by Crippen LogP contribution is 2.09. The molecule has 1 aromatic rings. The lowest BCUT2D eigenvalue weighted by molar-refractivity contribution is -0.121. The van der Waals surface area contributed by atoms with Gasteiger partial charge in [-0.25, -0.2) is 0 Å². The Hall–Kier alpha value is -1.06. The SMILES string of the molecule is CCC(CN)NC(=O)Cc1ccc(Cl)cc1. The molecule has 1 aromatic carbocycles. The van der Waals surface area contributed by atoms with Gasteiger partial charge in [0.1, 0.15) is 0 Å². The largest absolute Gasteiger partial charge is 0.352 e. The van der Waals surface area contributed by atoms with E-state index < -0.39 is 0 Å². The van der Waals surface area contributed by atoms with Crippen molar-refractivity contribution < 1.29 is 4.79 Å². The maximum absolute atomic E-state index is 11.6. The number of rotatable bonds is 5. The summed E-state index contributed by atoms with van der Waals surface area (Å²) in [6.45, 7) is 2.48. The molecule has 0 bridgehead atoms. The first-order chi connectivity index (χ1) is 7.65. The van der Waals surface area contributed by atoms with Crippen LogP contribution in [0.4, 0.5) is 0 Å². The molecular weight excluding hydrogens is 224 g/mol. The van der Waals surface area contributed by atoms with Gasteiger partial charge in [0.05, 0.1) is 6.42 Å². The van der Waals surface area contributed by atoms with Gasteiger partial charge in [-0.2, -0.15) is 0 Å². The summed E-state index contributed by atoms with van der Waals surface area (Å²) in [4.78, 5) is 11.6. The van der Waals surface area contributed by atoms with Gasteiger partial charge in [-0.1, -0.05) is 30.7 Å². The lowest BCUT2D eigenvalue weighted by Gasteiger charge is -2.14. The fourth-order valence-corrected chi connectivity index (χ4v) is 1.52. The van der Waals surface area contributed by atoms with Crippen molar-refractivity contribution in [3.63, 3.8) is 0 Å². The molecule has 0 saturated heterocycles. The minimum Gasteiger partial charge on any atom is -0.352 e. The van der Waals surface area contributed by atoms with Crippen molar-refractivity contribution in [1.82, 2.24) is 5.32 Å². The molecule has 1 atom stereocenters. The fraction of sp³-hybridized carbons (Fsp3) is 0.417. The molecule has 0 saturated carbocycles. The zero-order chi connectivity index (χ0) is 12.0. The lowest BCUT2D eigenvalue weighted by atomic mass is 10.1. The number of hydrogen-bond donors (Lipinski definition) is 2. The molecule has 0 fully saturated rings. The van der Waals surface area contributed by atoms with Crippen molar-refractivity contribution in [1.29, 1.82) is 0 Å². The maximum Gasteiger partial charge on any atom is 0.224 e. The maximum atomic E-state index is 11.6. The van der Waals surface area contributed by atoms with Crippen molar-refractivity contribution in [3.05, 3.63) is 34.9 Å². The Morgan fingerprint density at radius 3 is 2.56 bits per heavy atom. The normalized spacial score (nSPS) is 12.2. The smallest absolute Gasteiger partial charge is 0.224 e. The average molecular weight is 241 g/mol. The van der Waals surface area contributed by atoms with E-state index in [1.807, 2.05) is 19.1 Å². The first-order valence-corrected chi connectivity index (χ1v) is 5.77. The Bertz CT molecular complexity index is 333. The van der Waals surface area contributed by atoms with Crippen LogP contribution in [-0.2, 0) is 11.2 Å². The second-order valence-electron chi connectivity index (χ2n) is 3.71. The van der Waals surface area contributed by atoms with Crippen LogP contribution >= 0.6 is 11.6 Å². The predicted molar refractivity (Wildman–Crippen MR) is 66.4 cm³/mol. The summed E-state index contributed by atoms with van der Waals surface area (Å²) in [7, 11) is 0. The molecule has 1 unspecified atom stereocenters. The highest BCUT2D eigenvalue weighted by atomic mass is 35.5. The van der Waals surface area contributed by atoms with Gasteiger partial charge in [0.15, 0.2) is 0 Å². The molecule has 16 heavy (non-hydrogen) atoms. The highest BCUT2D eigenvalue weighted by Gasteiger charge is 2.08. The van der Waals surface area contributed by atoms with Gasteiger partial charge in [0.2, 0.25) is 5.91 Å². The third kappa shape index (κ3) is 4.21. The molecular formula is C12H17ClN2O. The van der Waals surface area contributed by atoms with E-state index in [1.165, 1.54) is 0 Å². The molecule has 1 amide bonds. The molecule has 88 valence electrons. The molecule has 0 aliphatic rings. The first-order valence-electron chi connectivity index (χ1n) is 5.39. The topological polar surface area (TPSA) is 55.1 Å². The Kier molecular flexibility index (Phi) is 5.29. The fourth-order valence-electron chi connectivity index (χ4n) is 1.39. The van der Waals surface area contributed by atoms with Crippen LogP contribution in [0.5, 0.6) is 0 Å². The molecule has 0 aliphatic heterocycles. The van der Waals surface area contributed by atoms with E-state index in [1.54, 1.807) is 12.1 Å². The number of nitrogens with one attached hydrogen (secondary N) is 1. The number of hydrogen-bond acceptors (Lipinski definition) is 2. The molecule has 4 heteroatoms. The van der Waals surface area contributed by atoms with E-state index in [9.17, 15) is 4.79 Å². The summed E-state index contributed by atoms with van der Waals surface area (Å²) in [6.07, 6.45) is 1.22. The van der Waals surface area contributed by atoms with E-state index in [0.29, 0.717) is 18.0 Å². The zero-order valence-corrected chi connectivity index (χ0v) is 10.1. The van der Waals surface area contributed by atoms with E-state index in [4.69, 9.17) is 17.3 Å². The molecule has 0 spiro atoms. The predicted octanol–water partition coefficient (Wildman–Crippen LogP) is 1.74. The second-order valence-corrected chi connectivity index (χ2v) is 4.15.